The summed E-state index contributed by atoms with van der Waals surface area (Å²) >= 11 is 5.50. The molecule has 0 radical (unpaired) electrons. The van der Waals surface area contributed by atoms with Crippen molar-refractivity contribution in [2.24, 2.45) is 0 Å². The normalized spacial score (nSPS) is 12.8. The third-order valence-electron chi connectivity index (χ3n) is 3.25. The minimum Gasteiger partial charge on any atom is -0.313 e. The maximum Gasteiger partial charge on any atom is 0.0758 e. The second kappa shape index (κ2) is 7.27. The Kier molecular flexibility index (Phi) is 5.67. The van der Waals surface area contributed by atoms with Gasteiger partial charge in [-0.2, -0.15) is 11.8 Å². The molecular weight excluding hydrogens is 320 g/mol. The Bertz CT molecular complexity index is 545. The van der Waals surface area contributed by atoms with E-state index in [1.54, 1.807) is 0 Å². The van der Waals surface area contributed by atoms with E-state index in [1.807, 2.05) is 24.0 Å². The minimum atomic E-state index is 0.715. The molecule has 102 valence electrons. The van der Waals surface area contributed by atoms with E-state index >= 15 is 0 Å². The first-order valence-electron chi connectivity index (χ1n) is 6.48. The van der Waals surface area contributed by atoms with Gasteiger partial charge in [0.05, 0.1) is 5.52 Å². The summed E-state index contributed by atoms with van der Waals surface area (Å²) in [5.74, 6) is 0. The van der Waals surface area contributed by atoms with Gasteiger partial charge in [0.15, 0.2) is 0 Å². The summed E-state index contributed by atoms with van der Waals surface area (Å²) in [6.45, 7) is 4.19. The number of benzene rings is 1. The van der Waals surface area contributed by atoms with Crippen molar-refractivity contribution in [1.29, 1.82) is 0 Å². The summed E-state index contributed by atoms with van der Waals surface area (Å²) in [5, 5.41) is 5.40. The Labute approximate surface area is 127 Å². The predicted molar refractivity (Wildman–Crippen MR) is 88.7 cm³/mol. The van der Waals surface area contributed by atoms with Crippen LogP contribution in [-0.2, 0) is 6.54 Å². The molecule has 1 N–H and O–H groups in total. The van der Waals surface area contributed by atoms with Gasteiger partial charge in [-0.05, 0) is 36.9 Å². The van der Waals surface area contributed by atoms with Crippen LogP contribution in [-0.4, -0.2) is 23.0 Å². The molecule has 1 aromatic heterocycles. The highest BCUT2D eigenvalue weighted by Crippen LogP contribution is 2.25. The van der Waals surface area contributed by atoms with E-state index < -0.39 is 0 Å². The number of hydrogen-bond donors (Lipinski definition) is 1. The lowest BCUT2D eigenvalue weighted by Crippen LogP contribution is -2.18. The second-order valence-electron chi connectivity index (χ2n) is 4.62. The van der Waals surface area contributed by atoms with Crippen LogP contribution in [0.4, 0.5) is 0 Å². The molecular formula is C15H19BrN2S. The van der Waals surface area contributed by atoms with Crippen molar-refractivity contribution in [3.8, 4) is 0 Å². The summed E-state index contributed by atoms with van der Waals surface area (Å²) in [7, 11) is 0. The summed E-state index contributed by atoms with van der Waals surface area (Å²) in [5.41, 5.74) is 2.35. The van der Waals surface area contributed by atoms with Crippen LogP contribution in [0.1, 0.15) is 18.9 Å². The zero-order valence-electron chi connectivity index (χ0n) is 11.3. The van der Waals surface area contributed by atoms with E-state index in [-0.39, 0.29) is 0 Å². The number of rotatable bonds is 6. The minimum absolute atomic E-state index is 0.715. The number of aromatic nitrogens is 1. The molecule has 0 aliphatic carbocycles. The van der Waals surface area contributed by atoms with Crippen molar-refractivity contribution >= 4 is 38.6 Å². The van der Waals surface area contributed by atoms with Crippen molar-refractivity contribution in [1.82, 2.24) is 10.3 Å². The summed E-state index contributed by atoms with van der Waals surface area (Å²) in [6.07, 6.45) is 5.22. The van der Waals surface area contributed by atoms with Crippen molar-refractivity contribution in [2.45, 2.75) is 25.1 Å². The van der Waals surface area contributed by atoms with Crippen LogP contribution in [0.25, 0.3) is 10.9 Å². The second-order valence-corrected chi connectivity index (χ2v) is 6.75. The first-order valence-corrected chi connectivity index (χ1v) is 8.56. The number of fused-ring (bicyclic) bond motifs is 1. The number of nitrogens with zero attached hydrogens (tertiary/aromatic N) is 1. The van der Waals surface area contributed by atoms with Gasteiger partial charge in [0.2, 0.25) is 0 Å². The van der Waals surface area contributed by atoms with Crippen LogP contribution in [0.5, 0.6) is 0 Å². The molecule has 0 saturated heterocycles. The summed E-state index contributed by atoms with van der Waals surface area (Å²) < 4.78 is 1.11. The summed E-state index contributed by atoms with van der Waals surface area (Å²) in [4.78, 5) is 4.50. The predicted octanol–water partition coefficient (Wildman–Crippen LogP) is 4.23. The third kappa shape index (κ3) is 3.94. The highest BCUT2D eigenvalue weighted by atomic mass is 79.9. The fraction of sp³-hybridized carbons (Fsp3) is 0.400. The highest BCUT2D eigenvalue weighted by molar-refractivity contribution is 9.10. The van der Waals surface area contributed by atoms with E-state index in [9.17, 15) is 0 Å². The molecule has 2 rings (SSSR count). The molecule has 0 spiro atoms. The van der Waals surface area contributed by atoms with Crippen molar-refractivity contribution in [2.75, 3.05) is 12.8 Å². The largest absolute Gasteiger partial charge is 0.313 e. The van der Waals surface area contributed by atoms with E-state index in [4.69, 9.17) is 0 Å². The van der Waals surface area contributed by atoms with Gasteiger partial charge in [0.25, 0.3) is 0 Å². The number of nitrogens with one attached hydrogen (secondary N) is 1. The Hall–Kier alpha value is -0.580. The smallest absolute Gasteiger partial charge is 0.0758 e. The molecule has 0 amide bonds. The molecule has 0 fully saturated rings. The maximum absolute atomic E-state index is 4.50. The van der Waals surface area contributed by atoms with Crippen LogP contribution < -0.4 is 5.32 Å². The lowest BCUT2D eigenvalue weighted by molar-refractivity contribution is 0.649. The van der Waals surface area contributed by atoms with Gasteiger partial charge in [0, 0.05) is 27.9 Å². The number of pyridine rings is 1. The Morgan fingerprint density at radius 1 is 1.37 bits per heavy atom. The van der Waals surface area contributed by atoms with Gasteiger partial charge < -0.3 is 5.32 Å². The van der Waals surface area contributed by atoms with Gasteiger partial charge in [-0.25, -0.2) is 0 Å². The summed E-state index contributed by atoms with van der Waals surface area (Å²) in [6, 6.07) is 8.33. The molecule has 0 aliphatic rings. The zero-order chi connectivity index (χ0) is 13.7. The van der Waals surface area contributed by atoms with Crippen LogP contribution in [0.15, 0.2) is 34.9 Å². The first-order chi connectivity index (χ1) is 9.22. The molecule has 2 nitrogen and oxygen atoms in total. The van der Waals surface area contributed by atoms with Crippen molar-refractivity contribution in [3.63, 3.8) is 0 Å². The van der Waals surface area contributed by atoms with Gasteiger partial charge in [-0.3, -0.25) is 4.98 Å². The van der Waals surface area contributed by atoms with Crippen LogP contribution in [0, 0.1) is 0 Å². The Balaban J connectivity index is 2.03. The Morgan fingerprint density at radius 3 is 3.00 bits per heavy atom. The van der Waals surface area contributed by atoms with Gasteiger partial charge in [-0.15, -0.1) is 0 Å². The van der Waals surface area contributed by atoms with Gasteiger partial charge >= 0.3 is 0 Å². The third-order valence-corrected chi connectivity index (χ3v) is 4.98. The van der Waals surface area contributed by atoms with Crippen LogP contribution in [0.2, 0.25) is 0 Å². The van der Waals surface area contributed by atoms with Gasteiger partial charge in [0.1, 0.15) is 0 Å². The van der Waals surface area contributed by atoms with Crippen molar-refractivity contribution in [3.05, 3.63) is 40.5 Å². The topological polar surface area (TPSA) is 24.9 Å². The lowest BCUT2D eigenvalue weighted by Gasteiger charge is -2.11. The van der Waals surface area contributed by atoms with Crippen LogP contribution >= 0.6 is 27.7 Å². The maximum atomic E-state index is 4.50. The molecule has 19 heavy (non-hydrogen) atoms. The molecule has 0 saturated carbocycles. The molecule has 4 heteroatoms. The average molecular weight is 339 g/mol. The molecule has 1 atom stereocenters. The van der Waals surface area contributed by atoms with E-state index in [2.05, 4.69) is 57.6 Å². The molecule has 2 aromatic rings. The number of hydrogen-bond acceptors (Lipinski definition) is 3. The van der Waals surface area contributed by atoms with Gasteiger partial charge in [-0.1, -0.05) is 35.0 Å². The molecule has 0 bridgehead atoms. The Morgan fingerprint density at radius 2 is 2.21 bits per heavy atom. The molecule has 1 aromatic carbocycles. The van der Waals surface area contributed by atoms with Crippen LogP contribution in [0.3, 0.4) is 0 Å². The van der Waals surface area contributed by atoms with E-state index in [0.29, 0.717) is 5.25 Å². The highest BCUT2D eigenvalue weighted by Gasteiger charge is 2.05. The first kappa shape index (κ1) is 14.8. The van der Waals surface area contributed by atoms with E-state index in [0.717, 1.165) is 23.1 Å². The fourth-order valence-corrected chi connectivity index (χ4v) is 2.79. The quantitative estimate of drug-likeness (QED) is 0.798. The monoisotopic (exact) mass is 338 g/mol. The lowest BCUT2D eigenvalue weighted by atomic mass is 10.1. The van der Waals surface area contributed by atoms with E-state index in [1.165, 1.54) is 17.4 Å². The zero-order valence-corrected chi connectivity index (χ0v) is 13.7. The molecule has 1 unspecified atom stereocenters. The standard InChI is InChI=1S/C15H19BrN2S/c1-11(19-2)7-9-17-10-12-5-6-14(16)13-4-3-8-18-15(12)13/h3-6,8,11,17H,7,9-10H2,1-2H3. The number of halogens is 1. The SMILES string of the molecule is CSC(C)CCNCc1ccc(Br)c2cccnc12. The fourth-order valence-electron chi connectivity index (χ4n) is 1.99. The molecule has 1 heterocycles. The average Bonchev–Trinajstić information content (AvgIpc) is 2.45. The number of thioether (sulfide) groups is 1. The van der Waals surface area contributed by atoms with Crippen molar-refractivity contribution < 1.29 is 0 Å². The molecule has 0 aliphatic heterocycles.